The largest absolute Gasteiger partial charge is 0.484 e. The van der Waals surface area contributed by atoms with Crippen molar-refractivity contribution in [3.8, 4) is 5.75 Å². The van der Waals surface area contributed by atoms with Crippen LogP contribution >= 0.6 is 15.9 Å². The van der Waals surface area contributed by atoms with Gasteiger partial charge in [-0.15, -0.1) is 0 Å². The van der Waals surface area contributed by atoms with Crippen LogP contribution in [-0.2, 0) is 16.1 Å². The van der Waals surface area contributed by atoms with Gasteiger partial charge in [-0.25, -0.2) is 0 Å². The van der Waals surface area contributed by atoms with Crippen LogP contribution in [0.2, 0.25) is 0 Å². The Balaban J connectivity index is 2.44. The number of hydrogen-bond donors (Lipinski definition) is 2. The lowest BCUT2D eigenvalue weighted by atomic mass is 10.2. The predicted octanol–water partition coefficient (Wildman–Crippen LogP) is 2.09. The number of benzene rings is 1. The SMILES string of the molecule is CCCNCc1cc(OCC(=O)NCCOC)ccc1Br. The number of halogens is 1. The molecule has 1 amide bonds. The second-order valence-corrected chi connectivity index (χ2v) is 5.42. The van der Waals surface area contributed by atoms with E-state index in [1.54, 1.807) is 7.11 Å². The lowest BCUT2D eigenvalue weighted by Gasteiger charge is -2.10. The zero-order valence-corrected chi connectivity index (χ0v) is 14.2. The van der Waals surface area contributed by atoms with Crippen LogP contribution in [0.4, 0.5) is 0 Å². The third-order valence-corrected chi connectivity index (χ3v) is 3.53. The number of rotatable bonds is 10. The Kier molecular flexibility index (Phi) is 9.05. The van der Waals surface area contributed by atoms with Crippen LogP contribution in [0.3, 0.4) is 0 Å². The molecule has 118 valence electrons. The monoisotopic (exact) mass is 358 g/mol. The number of nitrogens with one attached hydrogen (secondary N) is 2. The molecule has 0 aliphatic carbocycles. The Morgan fingerprint density at radius 2 is 2.14 bits per heavy atom. The molecule has 0 aromatic heterocycles. The van der Waals surface area contributed by atoms with E-state index in [4.69, 9.17) is 9.47 Å². The Labute approximate surface area is 134 Å². The van der Waals surface area contributed by atoms with Gasteiger partial charge in [0, 0.05) is 24.7 Å². The van der Waals surface area contributed by atoms with E-state index in [0.717, 1.165) is 29.5 Å². The molecule has 0 atom stereocenters. The van der Waals surface area contributed by atoms with Gasteiger partial charge >= 0.3 is 0 Å². The Hall–Kier alpha value is -1.11. The standard InChI is InChI=1S/C15H23BrN2O3/c1-3-6-17-10-12-9-13(4-5-14(12)16)21-11-15(19)18-7-8-20-2/h4-5,9,17H,3,6-8,10-11H2,1-2H3,(H,18,19). The summed E-state index contributed by atoms with van der Waals surface area (Å²) in [4.78, 5) is 11.5. The average molecular weight is 359 g/mol. The van der Waals surface area contributed by atoms with Gasteiger partial charge in [0.25, 0.3) is 5.91 Å². The van der Waals surface area contributed by atoms with Crippen LogP contribution in [-0.4, -0.2) is 39.3 Å². The Bertz CT molecular complexity index is 441. The van der Waals surface area contributed by atoms with Crippen molar-refractivity contribution in [2.75, 3.05) is 33.4 Å². The van der Waals surface area contributed by atoms with Crippen LogP contribution in [0.1, 0.15) is 18.9 Å². The zero-order chi connectivity index (χ0) is 15.5. The summed E-state index contributed by atoms with van der Waals surface area (Å²) in [7, 11) is 1.60. The topological polar surface area (TPSA) is 59.6 Å². The maximum absolute atomic E-state index is 11.5. The van der Waals surface area contributed by atoms with Gasteiger partial charge in [-0.3, -0.25) is 4.79 Å². The Morgan fingerprint density at radius 1 is 1.33 bits per heavy atom. The number of carbonyl (C=O) groups excluding carboxylic acids is 1. The lowest BCUT2D eigenvalue weighted by molar-refractivity contribution is -0.123. The minimum absolute atomic E-state index is 0.00712. The molecule has 0 saturated heterocycles. The van der Waals surface area contributed by atoms with E-state index in [9.17, 15) is 4.79 Å². The van der Waals surface area contributed by atoms with Crippen molar-refractivity contribution < 1.29 is 14.3 Å². The first-order valence-electron chi connectivity index (χ1n) is 7.05. The van der Waals surface area contributed by atoms with Crippen molar-refractivity contribution in [3.05, 3.63) is 28.2 Å². The van der Waals surface area contributed by atoms with Crippen LogP contribution in [0.25, 0.3) is 0 Å². The van der Waals surface area contributed by atoms with E-state index < -0.39 is 0 Å². The third kappa shape index (κ3) is 7.45. The van der Waals surface area contributed by atoms with Crippen molar-refractivity contribution in [3.63, 3.8) is 0 Å². The summed E-state index contributed by atoms with van der Waals surface area (Å²) in [6, 6.07) is 5.71. The highest BCUT2D eigenvalue weighted by Crippen LogP contribution is 2.22. The maximum atomic E-state index is 11.5. The minimum Gasteiger partial charge on any atom is -0.484 e. The molecular weight excluding hydrogens is 336 g/mol. The molecule has 0 radical (unpaired) electrons. The molecule has 0 unspecified atom stereocenters. The molecule has 2 N–H and O–H groups in total. The van der Waals surface area contributed by atoms with Crippen LogP contribution in [0.5, 0.6) is 5.75 Å². The maximum Gasteiger partial charge on any atom is 0.258 e. The molecule has 5 nitrogen and oxygen atoms in total. The number of carbonyl (C=O) groups is 1. The van der Waals surface area contributed by atoms with E-state index in [1.807, 2.05) is 18.2 Å². The van der Waals surface area contributed by atoms with Crippen molar-refractivity contribution in [2.45, 2.75) is 19.9 Å². The molecule has 1 aromatic rings. The number of hydrogen-bond acceptors (Lipinski definition) is 4. The van der Waals surface area contributed by atoms with Crippen molar-refractivity contribution in [1.29, 1.82) is 0 Å². The smallest absolute Gasteiger partial charge is 0.258 e. The van der Waals surface area contributed by atoms with Gasteiger partial charge in [0.15, 0.2) is 6.61 Å². The van der Waals surface area contributed by atoms with Gasteiger partial charge < -0.3 is 20.1 Å². The summed E-state index contributed by atoms with van der Waals surface area (Å²) >= 11 is 3.52. The number of methoxy groups -OCH3 is 1. The highest BCUT2D eigenvalue weighted by molar-refractivity contribution is 9.10. The van der Waals surface area contributed by atoms with Gasteiger partial charge in [0.2, 0.25) is 0 Å². The van der Waals surface area contributed by atoms with E-state index in [0.29, 0.717) is 18.9 Å². The van der Waals surface area contributed by atoms with Gasteiger partial charge in [-0.1, -0.05) is 22.9 Å². The van der Waals surface area contributed by atoms with Crippen molar-refractivity contribution >= 4 is 21.8 Å². The molecule has 0 bridgehead atoms. The first kappa shape index (κ1) is 17.9. The minimum atomic E-state index is -0.152. The summed E-state index contributed by atoms with van der Waals surface area (Å²) in [5.41, 5.74) is 1.11. The molecule has 1 rings (SSSR count). The fourth-order valence-electron chi connectivity index (χ4n) is 1.67. The van der Waals surface area contributed by atoms with Gasteiger partial charge in [-0.05, 0) is 36.7 Å². The Morgan fingerprint density at radius 3 is 2.86 bits per heavy atom. The van der Waals surface area contributed by atoms with E-state index in [1.165, 1.54) is 0 Å². The van der Waals surface area contributed by atoms with Gasteiger partial charge in [-0.2, -0.15) is 0 Å². The second-order valence-electron chi connectivity index (χ2n) is 4.56. The van der Waals surface area contributed by atoms with Crippen LogP contribution < -0.4 is 15.4 Å². The van der Waals surface area contributed by atoms with Gasteiger partial charge in [0.05, 0.1) is 6.61 Å². The normalized spacial score (nSPS) is 10.4. The molecule has 0 aliphatic heterocycles. The first-order chi connectivity index (χ1) is 10.2. The summed E-state index contributed by atoms with van der Waals surface area (Å²) in [5.74, 6) is 0.536. The zero-order valence-electron chi connectivity index (χ0n) is 12.6. The first-order valence-corrected chi connectivity index (χ1v) is 7.84. The quantitative estimate of drug-likeness (QED) is 0.628. The molecule has 0 fully saturated rings. The fraction of sp³-hybridized carbons (Fsp3) is 0.533. The van der Waals surface area contributed by atoms with Crippen molar-refractivity contribution in [2.24, 2.45) is 0 Å². The summed E-state index contributed by atoms with van der Waals surface area (Å²) < 4.78 is 11.4. The predicted molar refractivity (Wildman–Crippen MR) is 86.5 cm³/mol. The molecule has 0 aliphatic rings. The van der Waals surface area contributed by atoms with E-state index in [-0.39, 0.29) is 12.5 Å². The molecule has 21 heavy (non-hydrogen) atoms. The van der Waals surface area contributed by atoms with Crippen LogP contribution in [0, 0.1) is 0 Å². The van der Waals surface area contributed by atoms with Crippen LogP contribution in [0.15, 0.2) is 22.7 Å². The second kappa shape index (κ2) is 10.6. The molecular formula is C15H23BrN2O3. The highest BCUT2D eigenvalue weighted by atomic mass is 79.9. The fourth-order valence-corrected chi connectivity index (χ4v) is 2.06. The molecule has 0 heterocycles. The molecule has 0 saturated carbocycles. The van der Waals surface area contributed by atoms with Crippen molar-refractivity contribution in [1.82, 2.24) is 10.6 Å². The summed E-state index contributed by atoms with van der Waals surface area (Å²) in [5, 5.41) is 6.05. The number of amides is 1. The third-order valence-electron chi connectivity index (χ3n) is 2.76. The van der Waals surface area contributed by atoms with Gasteiger partial charge in [0.1, 0.15) is 5.75 Å². The highest BCUT2D eigenvalue weighted by Gasteiger charge is 2.05. The number of ether oxygens (including phenoxy) is 2. The lowest BCUT2D eigenvalue weighted by Crippen LogP contribution is -2.31. The van der Waals surface area contributed by atoms with E-state index >= 15 is 0 Å². The average Bonchev–Trinajstić information content (AvgIpc) is 2.48. The molecule has 1 aromatic carbocycles. The summed E-state index contributed by atoms with van der Waals surface area (Å²) in [6.07, 6.45) is 1.09. The molecule has 6 heteroatoms. The molecule has 0 spiro atoms. The van der Waals surface area contributed by atoms with E-state index in [2.05, 4.69) is 33.5 Å². The summed E-state index contributed by atoms with van der Waals surface area (Å²) in [6.45, 7) is 4.87.